The van der Waals surface area contributed by atoms with Crippen LogP contribution < -0.4 is 10.9 Å². The van der Waals surface area contributed by atoms with E-state index in [1.165, 1.54) is 0 Å². The number of amides is 1. The summed E-state index contributed by atoms with van der Waals surface area (Å²) in [5, 5.41) is 12.3. The Labute approximate surface area is 277 Å². The maximum Gasteiger partial charge on any atom is 0.267 e. The zero-order valence-electron chi connectivity index (χ0n) is 27.1. The van der Waals surface area contributed by atoms with Crippen LogP contribution in [0.3, 0.4) is 0 Å². The third-order valence-corrected chi connectivity index (χ3v) is 8.63. The third kappa shape index (κ3) is 5.97. The number of ether oxygens (including phenoxy) is 1. The van der Waals surface area contributed by atoms with Gasteiger partial charge in [0.25, 0.3) is 11.5 Å². The van der Waals surface area contributed by atoms with E-state index in [1.54, 1.807) is 46.7 Å². The lowest BCUT2D eigenvalue weighted by molar-refractivity contribution is 0.0382. The Morgan fingerprint density at radius 2 is 1.83 bits per heavy atom. The van der Waals surface area contributed by atoms with Crippen molar-refractivity contribution < 1.29 is 9.53 Å². The van der Waals surface area contributed by atoms with Crippen molar-refractivity contribution in [2.45, 2.75) is 26.3 Å². The molecule has 0 aliphatic carbocycles. The fourth-order valence-electron chi connectivity index (χ4n) is 6.15. The molecule has 0 radical (unpaired) electrons. The molecule has 1 atom stereocenters. The highest BCUT2D eigenvalue weighted by Crippen LogP contribution is 2.22. The van der Waals surface area contributed by atoms with Crippen LogP contribution in [0.15, 0.2) is 78.0 Å². The fourth-order valence-corrected chi connectivity index (χ4v) is 6.15. The van der Waals surface area contributed by atoms with Crippen molar-refractivity contribution in [1.82, 2.24) is 44.1 Å². The molecule has 1 aliphatic rings. The van der Waals surface area contributed by atoms with Gasteiger partial charge in [0.05, 0.1) is 59.0 Å². The van der Waals surface area contributed by atoms with Gasteiger partial charge in [-0.15, -0.1) is 0 Å². The lowest BCUT2D eigenvalue weighted by Gasteiger charge is -2.26. The number of rotatable bonds is 7. The molecule has 0 bridgehead atoms. The summed E-state index contributed by atoms with van der Waals surface area (Å²) in [6.45, 7) is 7.80. The first kappa shape index (κ1) is 31.0. The summed E-state index contributed by atoms with van der Waals surface area (Å²) >= 11 is 0. The maximum atomic E-state index is 14.5. The Bertz CT molecular complexity index is 2250. The van der Waals surface area contributed by atoms with Gasteiger partial charge in [-0.25, -0.2) is 14.5 Å². The number of nitrogens with zero attached hydrogens (tertiary/aromatic N) is 8. The molecular weight excluding hydrogens is 606 g/mol. The number of carbonyl (C=O) groups excluding carboxylic acids is 1. The predicted molar refractivity (Wildman–Crippen MR) is 181 cm³/mol. The normalized spacial score (nSPS) is 14.1. The summed E-state index contributed by atoms with van der Waals surface area (Å²) in [7, 11) is 1.93. The minimum absolute atomic E-state index is 0.278. The van der Waals surface area contributed by atoms with Crippen molar-refractivity contribution in [2.75, 3.05) is 32.8 Å². The Hall–Kier alpha value is -5.64. The summed E-state index contributed by atoms with van der Waals surface area (Å²) in [6, 6.07) is 15.9. The molecule has 4 aromatic heterocycles. The molecule has 12 nitrogen and oxygen atoms in total. The molecule has 1 fully saturated rings. The number of aromatic nitrogens is 7. The quantitative estimate of drug-likeness (QED) is 0.264. The van der Waals surface area contributed by atoms with Crippen molar-refractivity contribution in [1.29, 1.82) is 0 Å². The van der Waals surface area contributed by atoms with E-state index in [-0.39, 0.29) is 11.5 Å². The van der Waals surface area contributed by atoms with E-state index in [4.69, 9.17) is 9.72 Å². The van der Waals surface area contributed by atoms with Crippen molar-refractivity contribution >= 4 is 22.5 Å². The number of nitrogens with one attached hydrogen (secondary N) is 1. The van der Waals surface area contributed by atoms with Gasteiger partial charge in [-0.05, 0) is 44.2 Å². The standard InChI is InChI=1S/C36H35N9O3/c1-24-31(34-37-16-8-17-44(34)41-24)35(46)39-25(2)33-40-29-12-7-9-26(32(29)36(47)45(33)28-10-5-4-6-11-28)13-14-27-23-38-42(3)30(27)15-18-43-19-21-48-22-20-43/h4-12,16-17,23,25H,15,18-22H2,1-3H3,(H,39,46)/t25-/m1/s1. The molecule has 5 heterocycles. The third-order valence-electron chi connectivity index (χ3n) is 8.63. The van der Waals surface area contributed by atoms with Crippen LogP contribution >= 0.6 is 0 Å². The van der Waals surface area contributed by atoms with E-state index in [0.29, 0.717) is 44.9 Å². The Kier molecular flexibility index (Phi) is 8.54. The Morgan fingerprint density at radius 1 is 1.04 bits per heavy atom. The summed E-state index contributed by atoms with van der Waals surface area (Å²) in [5.74, 6) is 6.58. The second kappa shape index (κ2) is 13.2. The summed E-state index contributed by atoms with van der Waals surface area (Å²) in [6.07, 6.45) is 5.94. The van der Waals surface area contributed by atoms with Crippen LogP contribution in [-0.2, 0) is 18.2 Å². The number of aryl methyl sites for hydroxylation is 2. The van der Waals surface area contributed by atoms with E-state index in [0.717, 1.165) is 50.5 Å². The lowest BCUT2D eigenvalue weighted by Crippen LogP contribution is -2.37. The SMILES string of the molecule is Cc1nn2cccnc2c1C(=O)N[C@H](C)c1nc2cccc(C#Cc3cnn(C)c3CCN3CCOCC3)c2c(=O)n1-c1ccccc1. The number of hydrogen-bond donors (Lipinski definition) is 1. The molecule has 48 heavy (non-hydrogen) atoms. The lowest BCUT2D eigenvalue weighted by atomic mass is 10.1. The van der Waals surface area contributed by atoms with Gasteiger partial charge < -0.3 is 10.1 Å². The number of carbonyl (C=O) groups is 1. The van der Waals surface area contributed by atoms with Gasteiger partial charge in [-0.3, -0.25) is 23.7 Å². The molecule has 6 aromatic rings. The van der Waals surface area contributed by atoms with Gasteiger partial charge in [-0.1, -0.05) is 36.1 Å². The molecule has 0 saturated carbocycles. The van der Waals surface area contributed by atoms with Crippen LogP contribution in [0.25, 0.3) is 22.2 Å². The van der Waals surface area contributed by atoms with Crippen LogP contribution in [0.5, 0.6) is 0 Å². The molecule has 0 unspecified atom stereocenters. The first-order valence-electron chi connectivity index (χ1n) is 15.9. The molecule has 1 amide bonds. The van der Waals surface area contributed by atoms with Gasteiger partial charge in [0.1, 0.15) is 11.4 Å². The van der Waals surface area contributed by atoms with E-state index in [9.17, 15) is 9.59 Å². The molecule has 1 N–H and O–H groups in total. The number of morpholine rings is 1. The molecule has 1 aliphatic heterocycles. The topological polar surface area (TPSA) is 124 Å². The van der Waals surface area contributed by atoms with Gasteiger partial charge in [0, 0.05) is 51.1 Å². The van der Waals surface area contributed by atoms with E-state index in [1.807, 2.05) is 61.1 Å². The van der Waals surface area contributed by atoms with Crippen LogP contribution in [-0.4, -0.2) is 77.6 Å². The van der Waals surface area contributed by atoms with Gasteiger partial charge in [0.2, 0.25) is 0 Å². The molecule has 12 heteroatoms. The molecule has 242 valence electrons. The molecule has 1 saturated heterocycles. The monoisotopic (exact) mass is 641 g/mol. The second-order valence-electron chi connectivity index (χ2n) is 11.8. The number of hydrogen-bond acceptors (Lipinski definition) is 8. The number of fused-ring (bicyclic) bond motifs is 2. The fraction of sp³-hybridized carbons (Fsp3) is 0.278. The highest BCUT2D eigenvalue weighted by molar-refractivity contribution is 6.01. The predicted octanol–water partition coefficient (Wildman–Crippen LogP) is 3.24. The molecule has 0 spiro atoms. The number of benzene rings is 2. The highest BCUT2D eigenvalue weighted by atomic mass is 16.5. The van der Waals surface area contributed by atoms with E-state index >= 15 is 0 Å². The summed E-state index contributed by atoms with van der Waals surface area (Å²) < 4.78 is 10.5. The van der Waals surface area contributed by atoms with E-state index in [2.05, 4.69) is 37.2 Å². The van der Waals surface area contributed by atoms with Crippen molar-refractivity contribution in [3.05, 3.63) is 117 Å². The highest BCUT2D eigenvalue weighted by Gasteiger charge is 2.24. The zero-order valence-corrected chi connectivity index (χ0v) is 27.1. The molecule has 2 aromatic carbocycles. The van der Waals surface area contributed by atoms with Crippen molar-refractivity contribution in [3.63, 3.8) is 0 Å². The molecular formula is C36H35N9O3. The van der Waals surface area contributed by atoms with Gasteiger partial charge in [-0.2, -0.15) is 10.2 Å². The Morgan fingerprint density at radius 3 is 2.65 bits per heavy atom. The Balaban J connectivity index is 1.26. The second-order valence-corrected chi connectivity index (χ2v) is 11.8. The van der Waals surface area contributed by atoms with Gasteiger partial charge >= 0.3 is 0 Å². The number of para-hydroxylation sites is 1. The summed E-state index contributed by atoms with van der Waals surface area (Å²) in [5.41, 5.74) is 4.63. The average molecular weight is 642 g/mol. The zero-order chi connectivity index (χ0) is 33.2. The van der Waals surface area contributed by atoms with Crippen LogP contribution in [0.1, 0.15) is 51.7 Å². The van der Waals surface area contributed by atoms with Crippen molar-refractivity contribution in [3.8, 4) is 17.5 Å². The van der Waals surface area contributed by atoms with Crippen LogP contribution in [0.2, 0.25) is 0 Å². The van der Waals surface area contributed by atoms with Crippen LogP contribution in [0.4, 0.5) is 0 Å². The minimum atomic E-state index is -0.646. The first-order valence-corrected chi connectivity index (χ1v) is 15.9. The minimum Gasteiger partial charge on any atom is -0.379 e. The summed E-state index contributed by atoms with van der Waals surface area (Å²) in [4.78, 5) is 39.8. The molecule has 7 rings (SSSR count). The van der Waals surface area contributed by atoms with E-state index < -0.39 is 6.04 Å². The van der Waals surface area contributed by atoms with Crippen molar-refractivity contribution in [2.24, 2.45) is 7.05 Å². The largest absolute Gasteiger partial charge is 0.379 e. The average Bonchev–Trinajstić information content (AvgIpc) is 3.64. The maximum absolute atomic E-state index is 14.5. The smallest absolute Gasteiger partial charge is 0.267 e. The van der Waals surface area contributed by atoms with Crippen LogP contribution in [0, 0.1) is 18.8 Å². The first-order chi connectivity index (χ1) is 23.4. The van der Waals surface area contributed by atoms with Gasteiger partial charge in [0.15, 0.2) is 5.65 Å².